The van der Waals surface area contributed by atoms with Crippen LogP contribution < -0.4 is 11.1 Å². The predicted octanol–water partition coefficient (Wildman–Crippen LogP) is 4.28. The van der Waals surface area contributed by atoms with E-state index in [4.69, 9.17) is 5.73 Å². The number of rotatable bonds is 7. The second-order valence-corrected chi connectivity index (χ2v) is 6.99. The fourth-order valence-electron chi connectivity index (χ4n) is 2.15. The number of nitrogen functional groups attached to an aromatic ring is 1. The zero-order chi connectivity index (χ0) is 16.2. The van der Waals surface area contributed by atoms with Gasteiger partial charge < -0.3 is 11.1 Å². The van der Waals surface area contributed by atoms with Crippen LogP contribution in [0.4, 0.5) is 10.7 Å². The van der Waals surface area contributed by atoms with Crippen LogP contribution in [0.1, 0.15) is 62.7 Å². The van der Waals surface area contributed by atoms with Crippen LogP contribution in [0, 0.1) is 23.2 Å². The highest BCUT2D eigenvalue weighted by Crippen LogP contribution is 2.37. The van der Waals surface area contributed by atoms with Gasteiger partial charge in [0.05, 0.1) is 10.6 Å². The maximum atomic E-state index is 12.1. The van der Waals surface area contributed by atoms with Gasteiger partial charge >= 0.3 is 0 Å². The van der Waals surface area contributed by atoms with E-state index in [1.165, 1.54) is 11.3 Å². The van der Waals surface area contributed by atoms with Crippen molar-refractivity contribution in [1.29, 1.82) is 5.26 Å². The third kappa shape index (κ3) is 4.21. The molecule has 0 saturated heterocycles. The zero-order valence-electron chi connectivity index (χ0n) is 13.5. The molecule has 21 heavy (non-hydrogen) atoms. The lowest BCUT2D eigenvalue weighted by Gasteiger charge is -2.17. The first-order valence-electron chi connectivity index (χ1n) is 7.44. The smallest absolute Gasteiger partial charge is 0.177 e. The number of hydrogen-bond acceptors (Lipinski definition) is 5. The van der Waals surface area contributed by atoms with Crippen LogP contribution in [0.5, 0.6) is 0 Å². The first kappa shape index (κ1) is 17.5. The first-order valence-corrected chi connectivity index (χ1v) is 8.26. The molecule has 0 aliphatic heterocycles. The van der Waals surface area contributed by atoms with E-state index in [2.05, 4.69) is 32.2 Å². The van der Waals surface area contributed by atoms with E-state index in [-0.39, 0.29) is 17.7 Å². The summed E-state index contributed by atoms with van der Waals surface area (Å²) in [6, 6.07) is 2.36. The van der Waals surface area contributed by atoms with Crippen LogP contribution >= 0.6 is 11.3 Å². The monoisotopic (exact) mass is 307 g/mol. The molecule has 2 unspecified atom stereocenters. The summed E-state index contributed by atoms with van der Waals surface area (Å²) in [6.45, 7) is 10.1. The standard InChI is InChI=1S/C16H25N3OS/c1-6-10(4)7-11(5)19-16-12(8-17)13(18)15(21-16)14(20)9(2)3/h9-11,19H,6-7,18H2,1-5H3. The molecule has 0 aromatic carbocycles. The summed E-state index contributed by atoms with van der Waals surface area (Å²) >= 11 is 1.30. The molecular weight excluding hydrogens is 282 g/mol. The highest BCUT2D eigenvalue weighted by Gasteiger charge is 2.23. The fraction of sp³-hybridized carbons (Fsp3) is 0.625. The quantitative estimate of drug-likeness (QED) is 0.737. The summed E-state index contributed by atoms with van der Waals surface area (Å²) in [6.07, 6.45) is 2.15. The Bertz CT molecular complexity index is 542. The van der Waals surface area contributed by atoms with Gasteiger partial charge in [0, 0.05) is 12.0 Å². The number of nitrogens with two attached hydrogens (primary N) is 1. The Morgan fingerprint density at radius 1 is 1.38 bits per heavy atom. The lowest BCUT2D eigenvalue weighted by Crippen LogP contribution is -2.18. The molecule has 1 rings (SSSR count). The van der Waals surface area contributed by atoms with E-state index in [0.717, 1.165) is 17.8 Å². The van der Waals surface area contributed by atoms with Gasteiger partial charge in [0.1, 0.15) is 16.6 Å². The van der Waals surface area contributed by atoms with E-state index < -0.39 is 0 Å². The molecule has 0 amide bonds. The SMILES string of the molecule is CCC(C)CC(C)Nc1sc(C(=O)C(C)C)c(N)c1C#N. The summed E-state index contributed by atoms with van der Waals surface area (Å²) in [5.41, 5.74) is 6.71. The lowest BCUT2D eigenvalue weighted by atomic mass is 10.0. The maximum Gasteiger partial charge on any atom is 0.177 e. The maximum absolute atomic E-state index is 12.1. The summed E-state index contributed by atoms with van der Waals surface area (Å²) in [7, 11) is 0. The van der Waals surface area contributed by atoms with Gasteiger partial charge in [-0.05, 0) is 19.3 Å². The molecule has 0 fully saturated rings. The number of nitriles is 1. The molecule has 0 radical (unpaired) electrons. The van der Waals surface area contributed by atoms with Crippen LogP contribution in [0.15, 0.2) is 0 Å². The summed E-state index contributed by atoms with van der Waals surface area (Å²) in [5.74, 6) is 0.492. The average Bonchev–Trinajstić information content (AvgIpc) is 2.73. The molecular formula is C16H25N3OS. The van der Waals surface area contributed by atoms with Crippen LogP contribution in [-0.4, -0.2) is 11.8 Å². The number of carbonyl (C=O) groups excluding carboxylic acids is 1. The van der Waals surface area contributed by atoms with Crippen LogP contribution in [0.25, 0.3) is 0 Å². The number of thiophene rings is 1. The Labute approximate surface area is 131 Å². The number of carbonyl (C=O) groups is 1. The van der Waals surface area contributed by atoms with Gasteiger partial charge in [-0.1, -0.05) is 34.1 Å². The molecule has 116 valence electrons. The van der Waals surface area contributed by atoms with E-state index in [1.54, 1.807) is 0 Å². The fourth-order valence-corrected chi connectivity index (χ4v) is 3.42. The van der Waals surface area contributed by atoms with Crippen LogP contribution in [0.2, 0.25) is 0 Å². The summed E-state index contributed by atoms with van der Waals surface area (Å²) in [5, 5.41) is 13.4. The molecule has 2 atom stereocenters. The minimum absolute atomic E-state index is 0.00312. The number of anilines is 2. The van der Waals surface area contributed by atoms with Gasteiger partial charge in [-0.2, -0.15) is 5.26 Å². The molecule has 0 bridgehead atoms. The van der Waals surface area contributed by atoms with Gasteiger partial charge in [-0.25, -0.2) is 0 Å². The molecule has 1 heterocycles. The van der Waals surface area contributed by atoms with Crippen molar-refractivity contribution >= 4 is 27.8 Å². The number of nitrogens with one attached hydrogen (secondary N) is 1. The van der Waals surface area contributed by atoms with Gasteiger partial charge in [0.15, 0.2) is 5.78 Å². The second-order valence-electron chi connectivity index (χ2n) is 5.97. The van der Waals surface area contributed by atoms with Gasteiger partial charge in [-0.3, -0.25) is 4.79 Å². The van der Waals surface area contributed by atoms with Crippen molar-refractivity contribution in [3.63, 3.8) is 0 Å². The number of ketones is 1. The van der Waals surface area contributed by atoms with Crippen molar-refractivity contribution in [1.82, 2.24) is 0 Å². The second kappa shape index (κ2) is 7.46. The Hall–Kier alpha value is -1.54. The lowest BCUT2D eigenvalue weighted by molar-refractivity contribution is 0.0944. The Morgan fingerprint density at radius 2 is 2.00 bits per heavy atom. The molecule has 1 aromatic heterocycles. The van der Waals surface area contributed by atoms with Crippen molar-refractivity contribution in [2.45, 2.75) is 53.5 Å². The largest absolute Gasteiger partial charge is 0.396 e. The molecule has 0 aliphatic carbocycles. The molecule has 0 saturated carbocycles. The molecule has 5 heteroatoms. The van der Waals surface area contributed by atoms with Crippen molar-refractivity contribution in [2.75, 3.05) is 11.1 Å². The predicted molar refractivity (Wildman–Crippen MR) is 89.8 cm³/mol. The van der Waals surface area contributed by atoms with Crippen molar-refractivity contribution in [3.8, 4) is 6.07 Å². The minimum atomic E-state index is -0.122. The summed E-state index contributed by atoms with van der Waals surface area (Å²) < 4.78 is 0. The molecule has 0 aliphatic rings. The van der Waals surface area contributed by atoms with Gasteiger partial charge in [0.25, 0.3) is 0 Å². The minimum Gasteiger partial charge on any atom is -0.396 e. The topological polar surface area (TPSA) is 78.9 Å². The Balaban J connectivity index is 3.01. The number of Topliss-reactive ketones (excluding diaryl/α,β-unsaturated/α-hetero) is 1. The molecule has 3 N–H and O–H groups in total. The van der Waals surface area contributed by atoms with Crippen molar-refractivity contribution in [2.24, 2.45) is 11.8 Å². The van der Waals surface area contributed by atoms with Gasteiger partial charge in [-0.15, -0.1) is 11.3 Å². The zero-order valence-corrected chi connectivity index (χ0v) is 14.3. The van der Waals surface area contributed by atoms with E-state index in [9.17, 15) is 10.1 Å². The highest BCUT2D eigenvalue weighted by molar-refractivity contribution is 7.19. The third-order valence-electron chi connectivity index (χ3n) is 3.64. The van der Waals surface area contributed by atoms with E-state index in [0.29, 0.717) is 22.0 Å². The first-order chi connectivity index (χ1) is 9.81. The normalized spacial score (nSPS) is 13.8. The Kier molecular flexibility index (Phi) is 6.22. The average molecular weight is 307 g/mol. The number of nitrogens with zero attached hydrogens (tertiary/aromatic N) is 1. The highest BCUT2D eigenvalue weighted by atomic mass is 32.1. The van der Waals surface area contributed by atoms with E-state index in [1.807, 2.05) is 13.8 Å². The van der Waals surface area contributed by atoms with Crippen molar-refractivity contribution in [3.05, 3.63) is 10.4 Å². The molecule has 1 aromatic rings. The summed E-state index contributed by atoms with van der Waals surface area (Å²) in [4.78, 5) is 12.6. The van der Waals surface area contributed by atoms with E-state index >= 15 is 0 Å². The molecule has 0 spiro atoms. The van der Waals surface area contributed by atoms with Crippen molar-refractivity contribution < 1.29 is 4.79 Å². The third-order valence-corrected chi connectivity index (χ3v) is 4.79. The van der Waals surface area contributed by atoms with Crippen LogP contribution in [-0.2, 0) is 0 Å². The Morgan fingerprint density at radius 3 is 2.48 bits per heavy atom. The van der Waals surface area contributed by atoms with Crippen LogP contribution in [0.3, 0.4) is 0 Å². The number of hydrogen-bond donors (Lipinski definition) is 2. The van der Waals surface area contributed by atoms with Gasteiger partial charge in [0.2, 0.25) is 0 Å². The molecule has 4 nitrogen and oxygen atoms in total.